The zero-order chi connectivity index (χ0) is 18.9. The Kier molecular flexibility index (Phi) is 6.00. The standard InChI is InChI=1S/C23H18N2O2/c24-16-20(23(26)25-17-18-8-3-1-4-9-18)14-19-10-7-13-22(15-19)27-21-11-5-2-6-12-21/h1-15H,17H2,(H,25,26)/b20-14-. The predicted octanol–water partition coefficient (Wildman–Crippen LogP) is 4.70. The number of benzene rings is 3. The van der Waals surface area contributed by atoms with Crippen LogP contribution in [0.5, 0.6) is 11.5 Å². The van der Waals surface area contributed by atoms with Crippen LogP contribution in [0, 0.1) is 11.3 Å². The van der Waals surface area contributed by atoms with E-state index < -0.39 is 5.91 Å². The lowest BCUT2D eigenvalue weighted by molar-refractivity contribution is -0.117. The third-order valence-electron chi connectivity index (χ3n) is 3.81. The molecular formula is C23H18N2O2. The number of nitrogens with zero attached hydrogens (tertiary/aromatic N) is 1. The van der Waals surface area contributed by atoms with E-state index in [1.165, 1.54) is 0 Å². The molecule has 0 saturated heterocycles. The van der Waals surface area contributed by atoms with Crippen molar-refractivity contribution in [2.45, 2.75) is 6.54 Å². The van der Waals surface area contributed by atoms with E-state index in [-0.39, 0.29) is 5.57 Å². The van der Waals surface area contributed by atoms with E-state index >= 15 is 0 Å². The molecule has 0 bridgehead atoms. The van der Waals surface area contributed by atoms with Crippen LogP contribution in [0.2, 0.25) is 0 Å². The number of amides is 1. The fraction of sp³-hybridized carbons (Fsp3) is 0.0435. The molecule has 0 aliphatic rings. The lowest BCUT2D eigenvalue weighted by Gasteiger charge is -2.07. The Bertz CT molecular complexity index is 974. The topological polar surface area (TPSA) is 62.1 Å². The quantitative estimate of drug-likeness (QED) is 0.515. The van der Waals surface area contributed by atoms with Gasteiger partial charge in [-0.05, 0) is 41.5 Å². The second-order valence-corrected chi connectivity index (χ2v) is 5.83. The number of carbonyl (C=O) groups excluding carboxylic acids is 1. The van der Waals surface area contributed by atoms with Crippen LogP contribution in [0.3, 0.4) is 0 Å². The van der Waals surface area contributed by atoms with Crippen LogP contribution in [0.25, 0.3) is 6.08 Å². The summed E-state index contributed by atoms with van der Waals surface area (Å²) in [5, 5.41) is 12.1. The highest BCUT2D eigenvalue weighted by molar-refractivity contribution is 6.01. The monoisotopic (exact) mass is 354 g/mol. The van der Waals surface area contributed by atoms with Gasteiger partial charge in [0.1, 0.15) is 23.1 Å². The van der Waals surface area contributed by atoms with Gasteiger partial charge in [0.2, 0.25) is 0 Å². The van der Waals surface area contributed by atoms with Gasteiger partial charge in [-0.25, -0.2) is 0 Å². The molecule has 3 aromatic carbocycles. The van der Waals surface area contributed by atoms with E-state index in [2.05, 4.69) is 5.32 Å². The molecule has 0 aliphatic carbocycles. The van der Waals surface area contributed by atoms with E-state index in [0.29, 0.717) is 12.3 Å². The van der Waals surface area contributed by atoms with Crippen LogP contribution in [0.4, 0.5) is 0 Å². The maximum absolute atomic E-state index is 12.3. The molecule has 3 rings (SSSR count). The van der Waals surface area contributed by atoms with Crippen LogP contribution >= 0.6 is 0 Å². The van der Waals surface area contributed by atoms with E-state index in [0.717, 1.165) is 16.9 Å². The number of ether oxygens (including phenoxy) is 1. The van der Waals surface area contributed by atoms with Gasteiger partial charge in [-0.2, -0.15) is 5.26 Å². The molecule has 0 atom stereocenters. The third kappa shape index (κ3) is 5.32. The van der Waals surface area contributed by atoms with Crippen molar-refractivity contribution in [3.63, 3.8) is 0 Å². The first-order valence-electron chi connectivity index (χ1n) is 8.51. The van der Waals surface area contributed by atoms with Crippen LogP contribution in [-0.2, 0) is 11.3 Å². The Morgan fingerprint density at radius 1 is 0.926 bits per heavy atom. The maximum atomic E-state index is 12.3. The summed E-state index contributed by atoms with van der Waals surface area (Å²) in [7, 11) is 0. The molecule has 1 N–H and O–H groups in total. The minimum absolute atomic E-state index is 0.0443. The maximum Gasteiger partial charge on any atom is 0.262 e. The summed E-state index contributed by atoms with van der Waals surface area (Å²) in [4.78, 5) is 12.3. The Labute approximate surface area is 158 Å². The fourth-order valence-electron chi connectivity index (χ4n) is 2.48. The Hall–Kier alpha value is -3.84. The van der Waals surface area contributed by atoms with Crippen molar-refractivity contribution in [1.29, 1.82) is 5.26 Å². The second-order valence-electron chi connectivity index (χ2n) is 5.83. The molecule has 0 aliphatic heterocycles. The fourth-order valence-corrected chi connectivity index (χ4v) is 2.48. The van der Waals surface area contributed by atoms with E-state index in [1.807, 2.05) is 84.9 Å². The van der Waals surface area contributed by atoms with Gasteiger partial charge in [0, 0.05) is 6.54 Å². The Morgan fingerprint density at radius 2 is 1.59 bits per heavy atom. The second kappa shape index (κ2) is 9.02. The van der Waals surface area contributed by atoms with Crippen LogP contribution in [0.1, 0.15) is 11.1 Å². The average Bonchev–Trinajstić information content (AvgIpc) is 2.72. The summed E-state index contributed by atoms with van der Waals surface area (Å²) in [5.74, 6) is 0.951. The van der Waals surface area contributed by atoms with Crippen molar-refractivity contribution in [2.75, 3.05) is 0 Å². The van der Waals surface area contributed by atoms with Crippen molar-refractivity contribution in [3.8, 4) is 17.6 Å². The summed E-state index contributed by atoms with van der Waals surface area (Å²) in [6.07, 6.45) is 1.55. The molecule has 4 heteroatoms. The van der Waals surface area contributed by atoms with Crippen LogP contribution in [0.15, 0.2) is 90.5 Å². The molecule has 0 spiro atoms. The highest BCUT2D eigenvalue weighted by Gasteiger charge is 2.09. The van der Waals surface area contributed by atoms with Crippen molar-refractivity contribution >= 4 is 12.0 Å². The van der Waals surface area contributed by atoms with Gasteiger partial charge in [0.05, 0.1) is 0 Å². The first-order chi connectivity index (χ1) is 13.2. The van der Waals surface area contributed by atoms with Gasteiger partial charge in [0.25, 0.3) is 5.91 Å². The van der Waals surface area contributed by atoms with Crippen molar-refractivity contribution < 1.29 is 9.53 Å². The number of nitrogens with one attached hydrogen (secondary N) is 1. The Morgan fingerprint density at radius 3 is 2.30 bits per heavy atom. The minimum Gasteiger partial charge on any atom is -0.457 e. The predicted molar refractivity (Wildman–Crippen MR) is 105 cm³/mol. The smallest absolute Gasteiger partial charge is 0.262 e. The molecule has 0 radical (unpaired) electrons. The van der Waals surface area contributed by atoms with Gasteiger partial charge in [-0.15, -0.1) is 0 Å². The molecular weight excluding hydrogens is 336 g/mol. The molecule has 0 saturated carbocycles. The molecule has 0 heterocycles. The van der Waals surface area contributed by atoms with E-state index in [4.69, 9.17) is 4.74 Å². The molecule has 1 amide bonds. The van der Waals surface area contributed by atoms with Crippen LogP contribution < -0.4 is 10.1 Å². The molecule has 27 heavy (non-hydrogen) atoms. The number of nitriles is 1. The van der Waals surface area contributed by atoms with Gasteiger partial charge in [0.15, 0.2) is 0 Å². The van der Waals surface area contributed by atoms with Crippen molar-refractivity contribution in [1.82, 2.24) is 5.32 Å². The van der Waals surface area contributed by atoms with E-state index in [9.17, 15) is 10.1 Å². The van der Waals surface area contributed by atoms with Gasteiger partial charge >= 0.3 is 0 Å². The minimum atomic E-state index is -0.407. The zero-order valence-electron chi connectivity index (χ0n) is 14.6. The summed E-state index contributed by atoms with van der Waals surface area (Å²) >= 11 is 0. The summed E-state index contributed by atoms with van der Waals surface area (Å²) in [6, 6.07) is 28.2. The average molecular weight is 354 g/mol. The van der Waals surface area contributed by atoms with Gasteiger partial charge in [-0.1, -0.05) is 60.7 Å². The SMILES string of the molecule is N#C/C(=C/c1cccc(Oc2ccccc2)c1)C(=O)NCc1ccccc1. The Balaban J connectivity index is 1.70. The first-order valence-corrected chi connectivity index (χ1v) is 8.51. The number of carbonyl (C=O) groups is 1. The highest BCUT2D eigenvalue weighted by Crippen LogP contribution is 2.22. The summed E-state index contributed by atoms with van der Waals surface area (Å²) < 4.78 is 5.79. The van der Waals surface area contributed by atoms with Crippen molar-refractivity contribution in [3.05, 3.63) is 102 Å². The largest absolute Gasteiger partial charge is 0.457 e. The number of hydrogen-bond acceptors (Lipinski definition) is 3. The zero-order valence-corrected chi connectivity index (χ0v) is 14.6. The van der Waals surface area contributed by atoms with Gasteiger partial charge < -0.3 is 10.1 Å². The highest BCUT2D eigenvalue weighted by atomic mass is 16.5. The molecule has 4 nitrogen and oxygen atoms in total. The normalized spacial score (nSPS) is 10.7. The van der Waals surface area contributed by atoms with Crippen LogP contribution in [-0.4, -0.2) is 5.91 Å². The lowest BCUT2D eigenvalue weighted by Crippen LogP contribution is -2.23. The van der Waals surface area contributed by atoms with E-state index in [1.54, 1.807) is 12.1 Å². The number of hydrogen-bond donors (Lipinski definition) is 1. The molecule has 0 aromatic heterocycles. The molecule has 0 unspecified atom stereocenters. The van der Waals surface area contributed by atoms with Gasteiger partial charge in [-0.3, -0.25) is 4.79 Å². The number of rotatable bonds is 6. The molecule has 132 valence electrons. The first kappa shape index (κ1) is 18.0. The molecule has 3 aromatic rings. The summed E-state index contributed by atoms with van der Waals surface area (Å²) in [5.41, 5.74) is 1.74. The lowest BCUT2D eigenvalue weighted by atomic mass is 10.1. The summed E-state index contributed by atoms with van der Waals surface area (Å²) in [6.45, 7) is 0.371. The number of para-hydroxylation sites is 1. The van der Waals surface area contributed by atoms with Crippen molar-refractivity contribution in [2.24, 2.45) is 0 Å². The molecule has 0 fully saturated rings. The third-order valence-corrected chi connectivity index (χ3v) is 3.81.